The topological polar surface area (TPSA) is 47.5 Å². The van der Waals surface area contributed by atoms with Crippen LogP contribution in [-0.2, 0) is 0 Å². The van der Waals surface area contributed by atoms with Gasteiger partial charge in [-0.1, -0.05) is 0 Å². The van der Waals surface area contributed by atoms with Crippen LogP contribution in [0.1, 0.15) is 0 Å². The molecule has 0 atom stereocenters. The Balaban J connectivity index is 3.26. The molecule has 0 aromatic heterocycles. The Labute approximate surface area is 36.7 Å². The van der Waals surface area contributed by atoms with Gasteiger partial charge in [0.05, 0.1) is 14.1 Å². The van der Waals surface area contributed by atoms with Crippen LogP contribution in [0.5, 0.6) is 0 Å². The SMILES string of the molecule is C[NH+](C)C(N)=O. The van der Waals surface area contributed by atoms with E-state index in [4.69, 9.17) is 5.73 Å². The molecule has 2 amide bonds. The summed E-state index contributed by atoms with van der Waals surface area (Å²) in [4.78, 5) is 10.5. The van der Waals surface area contributed by atoms with Crippen LogP contribution in [0.3, 0.4) is 0 Å². The first-order chi connectivity index (χ1) is 2.64. The van der Waals surface area contributed by atoms with E-state index < -0.39 is 0 Å². The lowest BCUT2D eigenvalue weighted by atomic mass is 10.9. The summed E-state index contributed by atoms with van der Waals surface area (Å²) in [6, 6.07) is -0.324. The van der Waals surface area contributed by atoms with Gasteiger partial charge in [0.2, 0.25) is 0 Å². The lowest BCUT2D eigenvalue weighted by Crippen LogP contribution is -3.10. The maximum atomic E-state index is 9.88. The van der Waals surface area contributed by atoms with E-state index in [1.165, 1.54) is 0 Å². The lowest BCUT2D eigenvalue weighted by molar-refractivity contribution is -0.767. The van der Waals surface area contributed by atoms with Gasteiger partial charge in [-0.25, -0.2) is 4.79 Å². The number of primary amides is 1. The molecule has 0 aliphatic heterocycles. The third kappa shape index (κ3) is 1.72. The molecule has 0 bridgehead atoms. The predicted molar refractivity (Wildman–Crippen MR) is 22.4 cm³/mol. The minimum atomic E-state index is -0.324. The number of hydrogen-bond donors (Lipinski definition) is 2. The third-order valence-electron chi connectivity index (χ3n) is 0.493. The smallest absolute Gasteiger partial charge is 0.319 e. The van der Waals surface area contributed by atoms with Gasteiger partial charge in [-0.15, -0.1) is 0 Å². The molecule has 3 nitrogen and oxygen atoms in total. The molecule has 0 spiro atoms. The number of amides is 2. The summed E-state index contributed by atoms with van der Waals surface area (Å²) in [6.45, 7) is 0. The molecular weight excluding hydrogens is 80.0 g/mol. The molecule has 0 saturated heterocycles. The van der Waals surface area contributed by atoms with Crippen molar-refractivity contribution in [2.45, 2.75) is 0 Å². The van der Waals surface area contributed by atoms with Crippen molar-refractivity contribution >= 4 is 6.03 Å². The first-order valence-corrected chi connectivity index (χ1v) is 1.74. The maximum absolute atomic E-state index is 9.88. The van der Waals surface area contributed by atoms with E-state index in [1.807, 2.05) is 0 Å². The van der Waals surface area contributed by atoms with E-state index in [2.05, 4.69) is 0 Å². The second kappa shape index (κ2) is 1.77. The van der Waals surface area contributed by atoms with E-state index in [9.17, 15) is 4.79 Å². The predicted octanol–water partition coefficient (Wildman–Crippen LogP) is -1.79. The highest BCUT2D eigenvalue weighted by Crippen LogP contribution is 1.30. The summed E-state index contributed by atoms with van der Waals surface area (Å²) in [5, 5.41) is 0. The molecule has 36 valence electrons. The Bertz CT molecular complexity index is 59.8. The number of nitrogens with two attached hydrogens (primary N) is 1. The normalized spacial score (nSPS) is 9.17. The summed E-state index contributed by atoms with van der Waals surface area (Å²) >= 11 is 0. The Morgan fingerprint density at radius 3 is 1.83 bits per heavy atom. The quantitative estimate of drug-likeness (QED) is 0.362. The van der Waals surface area contributed by atoms with Crippen molar-refractivity contribution < 1.29 is 9.69 Å². The molecule has 0 aromatic carbocycles. The van der Waals surface area contributed by atoms with Gasteiger partial charge in [0, 0.05) is 0 Å². The van der Waals surface area contributed by atoms with E-state index in [0.717, 1.165) is 0 Å². The molecular formula is C3H9N2O+. The first kappa shape index (κ1) is 5.43. The fourth-order valence-electron chi connectivity index (χ4n) is 0. The minimum absolute atomic E-state index is 0.324. The van der Waals surface area contributed by atoms with Crippen LogP contribution in [0.2, 0.25) is 0 Å². The maximum Gasteiger partial charge on any atom is 0.411 e. The molecule has 0 rings (SSSR count). The van der Waals surface area contributed by atoms with Gasteiger partial charge in [-0.05, 0) is 0 Å². The van der Waals surface area contributed by atoms with Crippen molar-refractivity contribution in [3.8, 4) is 0 Å². The highest BCUT2D eigenvalue weighted by molar-refractivity contribution is 5.61. The molecule has 0 saturated carbocycles. The molecule has 6 heavy (non-hydrogen) atoms. The fourth-order valence-corrected chi connectivity index (χ4v) is 0. The summed E-state index contributed by atoms with van der Waals surface area (Å²) in [5.41, 5.74) is 4.76. The van der Waals surface area contributed by atoms with Crippen LogP contribution >= 0.6 is 0 Å². The number of carbonyl (C=O) groups excluding carboxylic acids is 1. The Morgan fingerprint density at radius 2 is 1.83 bits per heavy atom. The molecule has 3 N–H and O–H groups in total. The summed E-state index contributed by atoms with van der Waals surface area (Å²) in [6.07, 6.45) is 0. The number of urea groups is 1. The van der Waals surface area contributed by atoms with Crippen LogP contribution in [0.25, 0.3) is 0 Å². The lowest BCUT2D eigenvalue weighted by Gasteiger charge is -1.94. The second-order valence-corrected chi connectivity index (χ2v) is 1.36. The molecule has 0 radical (unpaired) electrons. The highest BCUT2D eigenvalue weighted by atomic mass is 16.2. The van der Waals surface area contributed by atoms with Crippen LogP contribution in [0.15, 0.2) is 0 Å². The van der Waals surface area contributed by atoms with Crippen molar-refractivity contribution in [3.63, 3.8) is 0 Å². The number of nitrogens with one attached hydrogen (secondary N) is 1. The van der Waals surface area contributed by atoms with Crippen LogP contribution in [0, 0.1) is 0 Å². The van der Waals surface area contributed by atoms with Crippen molar-refractivity contribution in [2.75, 3.05) is 14.1 Å². The van der Waals surface area contributed by atoms with Crippen molar-refractivity contribution in [3.05, 3.63) is 0 Å². The number of hydrogen-bond acceptors (Lipinski definition) is 1. The van der Waals surface area contributed by atoms with Gasteiger partial charge in [-0.3, -0.25) is 4.90 Å². The van der Waals surface area contributed by atoms with E-state index in [1.54, 1.807) is 14.1 Å². The van der Waals surface area contributed by atoms with Crippen molar-refractivity contribution in [1.29, 1.82) is 0 Å². The van der Waals surface area contributed by atoms with E-state index in [-0.39, 0.29) is 6.03 Å². The van der Waals surface area contributed by atoms with E-state index in [0.29, 0.717) is 4.90 Å². The van der Waals surface area contributed by atoms with Crippen LogP contribution in [-0.4, -0.2) is 20.1 Å². The Hall–Kier alpha value is -0.570. The second-order valence-electron chi connectivity index (χ2n) is 1.36. The Morgan fingerprint density at radius 1 is 1.67 bits per heavy atom. The molecule has 0 aliphatic rings. The fraction of sp³-hybridized carbons (Fsp3) is 0.667. The molecule has 0 aromatic rings. The van der Waals surface area contributed by atoms with Crippen molar-refractivity contribution in [2.24, 2.45) is 5.73 Å². The highest BCUT2D eigenvalue weighted by Gasteiger charge is 1.96. The van der Waals surface area contributed by atoms with E-state index >= 15 is 0 Å². The van der Waals surface area contributed by atoms with Gasteiger partial charge in [0.25, 0.3) is 0 Å². The molecule has 3 heteroatoms. The Kier molecular flexibility index (Phi) is 1.60. The summed E-state index contributed by atoms with van der Waals surface area (Å²) in [7, 11) is 3.37. The van der Waals surface area contributed by atoms with Gasteiger partial charge in [-0.2, -0.15) is 0 Å². The summed E-state index contributed by atoms with van der Waals surface area (Å²) in [5.74, 6) is 0. The average molecular weight is 89.1 g/mol. The largest absolute Gasteiger partial charge is 0.411 e. The number of carbonyl (C=O) groups is 1. The first-order valence-electron chi connectivity index (χ1n) is 1.74. The molecule has 0 fully saturated rings. The monoisotopic (exact) mass is 89.1 g/mol. The van der Waals surface area contributed by atoms with Gasteiger partial charge < -0.3 is 5.73 Å². The zero-order chi connectivity index (χ0) is 5.15. The summed E-state index contributed by atoms with van der Waals surface area (Å²) < 4.78 is 0. The standard InChI is InChI=1S/C3H8N2O/c1-5(2)3(4)6/h1-2H3,(H2,4,6)/p+1. The van der Waals surface area contributed by atoms with Gasteiger partial charge in [0.15, 0.2) is 0 Å². The third-order valence-corrected chi connectivity index (χ3v) is 0.493. The zero-order valence-electron chi connectivity index (χ0n) is 3.99. The van der Waals surface area contributed by atoms with Gasteiger partial charge >= 0.3 is 6.03 Å². The van der Waals surface area contributed by atoms with Gasteiger partial charge in [0.1, 0.15) is 0 Å². The number of rotatable bonds is 0. The zero-order valence-corrected chi connectivity index (χ0v) is 3.99. The number of quaternary nitrogens is 1. The minimum Gasteiger partial charge on any atom is -0.319 e. The van der Waals surface area contributed by atoms with Crippen molar-refractivity contribution in [1.82, 2.24) is 0 Å². The molecule has 0 unspecified atom stereocenters. The van der Waals surface area contributed by atoms with Crippen LogP contribution in [0.4, 0.5) is 4.79 Å². The molecule has 0 heterocycles. The van der Waals surface area contributed by atoms with Crippen LogP contribution < -0.4 is 10.6 Å². The molecule has 0 aliphatic carbocycles. The average Bonchev–Trinajstić information content (AvgIpc) is 1.36.